The van der Waals surface area contributed by atoms with Gasteiger partial charge in [-0.25, -0.2) is 13.6 Å². The number of likely N-dealkylation sites (tertiary alicyclic amines) is 1. The fourth-order valence-electron chi connectivity index (χ4n) is 3.71. The van der Waals surface area contributed by atoms with Crippen molar-refractivity contribution in [1.29, 1.82) is 0 Å². The van der Waals surface area contributed by atoms with Crippen molar-refractivity contribution < 1.29 is 22.7 Å². The SMILES string of the molecule is NS(=O)(=O)c1ccc(NC(=O)CCN2CCCC(C(=O)N3CCOCC3)C2)cc1. The van der Waals surface area contributed by atoms with Crippen molar-refractivity contribution >= 4 is 27.5 Å². The van der Waals surface area contributed by atoms with Crippen molar-refractivity contribution in [2.45, 2.75) is 24.2 Å². The van der Waals surface area contributed by atoms with Crippen LogP contribution >= 0.6 is 0 Å². The number of ether oxygens (including phenoxy) is 1. The number of amides is 2. The van der Waals surface area contributed by atoms with Crippen molar-refractivity contribution in [3.05, 3.63) is 24.3 Å². The van der Waals surface area contributed by atoms with Crippen LogP contribution in [0.2, 0.25) is 0 Å². The van der Waals surface area contributed by atoms with Crippen LogP contribution in [0.1, 0.15) is 19.3 Å². The molecule has 0 radical (unpaired) electrons. The number of hydrogen-bond acceptors (Lipinski definition) is 6. The summed E-state index contributed by atoms with van der Waals surface area (Å²) in [6.45, 7) is 4.63. The maximum Gasteiger partial charge on any atom is 0.238 e. The summed E-state index contributed by atoms with van der Waals surface area (Å²) in [5, 5.41) is 7.82. The van der Waals surface area contributed by atoms with E-state index in [1.54, 1.807) is 0 Å². The molecule has 2 aliphatic heterocycles. The lowest BCUT2D eigenvalue weighted by atomic mass is 9.96. The van der Waals surface area contributed by atoms with Crippen LogP contribution in [0.15, 0.2) is 29.2 Å². The molecule has 1 atom stereocenters. The Morgan fingerprint density at radius 2 is 1.83 bits per heavy atom. The lowest BCUT2D eigenvalue weighted by molar-refractivity contribution is -0.141. The number of nitrogens with one attached hydrogen (secondary N) is 1. The Balaban J connectivity index is 1.45. The highest BCUT2D eigenvalue weighted by Gasteiger charge is 2.30. The lowest BCUT2D eigenvalue weighted by Gasteiger charge is -2.36. The van der Waals surface area contributed by atoms with Gasteiger partial charge in [0.25, 0.3) is 0 Å². The fraction of sp³-hybridized carbons (Fsp3) is 0.579. The molecule has 2 fully saturated rings. The first-order valence-corrected chi connectivity index (χ1v) is 11.4. The number of rotatable bonds is 6. The van der Waals surface area contributed by atoms with E-state index in [9.17, 15) is 18.0 Å². The summed E-state index contributed by atoms with van der Waals surface area (Å²) < 4.78 is 27.9. The smallest absolute Gasteiger partial charge is 0.238 e. The van der Waals surface area contributed by atoms with Crippen LogP contribution in [0.4, 0.5) is 5.69 Å². The second-order valence-corrected chi connectivity index (χ2v) is 9.01. The van der Waals surface area contributed by atoms with Gasteiger partial charge in [-0.15, -0.1) is 0 Å². The number of nitrogens with two attached hydrogens (primary N) is 1. The normalized spacial score (nSPS) is 21.0. The molecule has 29 heavy (non-hydrogen) atoms. The van der Waals surface area contributed by atoms with Crippen molar-refractivity contribution in [3.63, 3.8) is 0 Å². The van der Waals surface area contributed by atoms with E-state index in [1.807, 2.05) is 4.90 Å². The second-order valence-electron chi connectivity index (χ2n) is 7.44. The summed E-state index contributed by atoms with van der Waals surface area (Å²) in [5.74, 6) is 0.0167. The Bertz CT molecular complexity index is 822. The zero-order chi connectivity index (χ0) is 20.9. The number of sulfonamides is 1. The number of anilines is 1. The van der Waals surface area contributed by atoms with Crippen molar-refractivity contribution in [2.75, 3.05) is 51.3 Å². The van der Waals surface area contributed by atoms with Crippen LogP contribution in [0.25, 0.3) is 0 Å². The van der Waals surface area contributed by atoms with Crippen LogP contribution < -0.4 is 10.5 Å². The Morgan fingerprint density at radius 3 is 2.48 bits per heavy atom. The van der Waals surface area contributed by atoms with E-state index in [0.29, 0.717) is 51.5 Å². The standard InChI is InChI=1S/C19H28N4O5S/c20-29(26,27)17-5-3-16(4-6-17)21-18(24)7-9-22-8-1-2-15(14-22)19(25)23-10-12-28-13-11-23/h3-6,15H,1-2,7-14H2,(H,21,24)(H2,20,26,27). The molecule has 1 aromatic carbocycles. The third-order valence-corrected chi connectivity index (χ3v) is 6.23. The number of nitrogens with zero attached hydrogens (tertiary/aromatic N) is 2. The summed E-state index contributed by atoms with van der Waals surface area (Å²) in [6.07, 6.45) is 2.13. The van der Waals surface area contributed by atoms with Gasteiger partial charge in [0, 0.05) is 38.3 Å². The van der Waals surface area contributed by atoms with Crippen LogP contribution in [0, 0.1) is 5.92 Å². The Morgan fingerprint density at radius 1 is 1.14 bits per heavy atom. The van der Waals surface area contributed by atoms with Crippen molar-refractivity contribution in [2.24, 2.45) is 11.1 Å². The molecule has 2 saturated heterocycles. The molecule has 0 spiro atoms. The second kappa shape index (κ2) is 9.66. The molecule has 9 nitrogen and oxygen atoms in total. The highest BCUT2D eigenvalue weighted by atomic mass is 32.2. The maximum atomic E-state index is 12.7. The minimum atomic E-state index is -3.75. The largest absolute Gasteiger partial charge is 0.378 e. The van der Waals surface area contributed by atoms with E-state index < -0.39 is 10.0 Å². The fourth-order valence-corrected chi connectivity index (χ4v) is 4.23. The summed E-state index contributed by atoms with van der Waals surface area (Å²) in [4.78, 5) is 29.0. The minimum absolute atomic E-state index is 0.000192. The molecular weight excluding hydrogens is 396 g/mol. The molecule has 0 bridgehead atoms. The van der Waals surface area contributed by atoms with Gasteiger partial charge in [-0.1, -0.05) is 0 Å². The average Bonchev–Trinajstić information content (AvgIpc) is 2.72. The van der Waals surface area contributed by atoms with Gasteiger partial charge in [-0.2, -0.15) is 0 Å². The van der Waals surface area contributed by atoms with Gasteiger partial charge >= 0.3 is 0 Å². The maximum absolute atomic E-state index is 12.7. The Hall–Kier alpha value is -2.01. The molecule has 160 valence electrons. The quantitative estimate of drug-likeness (QED) is 0.674. The summed E-state index contributed by atoms with van der Waals surface area (Å²) in [6, 6.07) is 5.74. The van der Waals surface area contributed by atoms with Gasteiger partial charge in [0.1, 0.15) is 0 Å². The van der Waals surface area contributed by atoms with E-state index in [0.717, 1.165) is 19.4 Å². The van der Waals surface area contributed by atoms with E-state index in [-0.39, 0.29) is 22.6 Å². The topological polar surface area (TPSA) is 122 Å². The summed E-state index contributed by atoms with van der Waals surface area (Å²) >= 11 is 0. The number of hydrogen-bond donors (Lipinski definition) is 2. The predicted octanol–water partition coefficient (Wildman–Crippen LogP) is 0.233. The van der Waals surface area contributed by atoms with E-state index >= 15 is 0 Å². The average molecular weight is 425 g/mol. The van der Waals surface area contributed by atoms with E-state index in [2.05, 4.69) is 10.2 Å². The minimum Gasteiger partial charge on any atom is -0.378 e. The molecule has 2 aliphatic rings. The van der Waals surface area contributed by atoms with Gasteiger partial charge in [0.2, 0.25) is 21.8 Å². The first-order valence-electron chi connectivity index (χ1n) is 9.84. The van der Waals surface area contributed by atoms with Gasteiger partial charge in [-0.05, 0) is 43.7 Å². The molecule has 0 aromatic heterocycles. The molecule has 0 saturated carbocycles. The van der Waals surface area contributed by atoms with Crippen molar-refractivity contribution in [1.82, 2.24) is 9.80 Å². The third kappa shape index (κ3) is 6.23. The van der Waals surface area contributed by atoms with Gasteiger partial charge in [0.05, 0.1) is 24.0 Å². The third-order valence-electron chi connectivity index (χ3n) is 5.30. The first kappa shape index (κ1) is 21.7. The molecular formula is C19H28N4O5S. The highest BCUT2D eigenvalue weighted by molar-refractivity contribution is 7.89. The van der Waals surface area contributed by atoms with E-state index in [1.165, 1.54) is 24.3 Å². The lowest BCUT2D eigenvalue weighted by Crippen LogP contribution is -2.48. The van der Waals surface area contributed by atoms with Gasteiger partial charge in [-0.3, -0.25) is 9.59 Å². The van der Waals surface area contributed by atoms with Crippen LogP contribution in [0.5, 0.6) is 0 Å². The molecule has 1 aromatic rings. The van der Waals surface area contributed by atoms with E-state index in [4.69, 9.17) is 9.88 Å². The first-order chi connectivity index (χ1) is 13.8. The number of carbonyl (C=O) groups excluding carboxylic acids is 2. The molecule has 2 amide bonds. The van der Waals surface area contributed by atoms with Crippen LogP contribution in [0.3, 0.4) is 0 Å². The van der Waals surface area contributed by atoms with Gasteiger partial charge in [0.15, 0.2) is 0 Å². The van der Waals surface area contributed by atoms with Crippen molar-refractivity contribution in [3.8, 4) is 0 Å². The Labute approximate surface area is 171 Å². The zero-order valence-electron chi connectivity index (χ0n) is 16.4. The number of benzene rings is 1. The Kier molecular flexibility index (Phi) is 7.23. The molecule has 10 heteroatoms. The monoisotopic (exact) mass is 424 g/mol. The van der Waals surface area contributed by atoms with Crippen LogP contribution in [-0.2, 0) is 24.3 Å². The highest BCUT2D eigenvalue weighted by Crippen LogP contribution is 2.20. The van der Waals surface area contributed by atoms with Gasteiger partial charge < -0.3 is 19.9 Å². The van der Waals surface area contributed by atoms with Crippen LogP contribution in [-0.4, -0.2) is 76.0 Å². The molecule has 0 aliphatic carbocycles. The molecule has 3 N–H and O–H groups in total. The predicted molar refractivity (Wildman–Crippen MR) is 108 cm³/mol. The number of piperidine rings is 1. The summed E-state index contributed by atoms with van der Waals surface area (Å²) in [5.41, 5.74) is 0.515. The molecule has 2 heterocycles. The number of morpholine rings is 1. The summed E-state index contributed by atoms with van der Waals surface area (Å²) in [7, 11) is -3.75. The molecule has 3 rings (SSSR count). The molecule has 1 unspecified atom stereocenters. The number of carbonyl (C=O) groups is 2. The number of primary sulfonamides is 1. The zero-order valence-corrected chi connectivity index (χ0v) is 17.2.